The van der Waals surface area contributed by atoms with E-state index in [4.69, 9.17) is 0 Å². The second-order valence-electron chi connectivity index (χ2n) is 10.6. The number of likely N-dealkylation sites (tertiary alicyclic amines) is 1. The highest BCUT2D eigenvalue weighted by atomic mass is 32.1. The van der Waals surface area contributed by atoms with E-state index in [1.54, 1.807) is 28.4 Å². The lowest BCUT2D eigenvalue weighted by molar-refractivity contribution is -0.142. The van der Waals surface area contributed by atoms with Crippen LogP contribution in [0, 0.1) is 18.7 Å². The van der Waals surface area contributed by atoms with Gasteiger partial charge in [0.05, 0.1) is 13.1 Å². The third-order valence-electron chi connectivity index (χ3n) is 7.80. The zero-order valence-corrected chi connectivity index (χ0v) is 22.8. The molecule has 2 fully saturated rings. The van der Waals surface area contributed by atoms with Crippen molar-refractivity contribution in [2.24, 2.45) is 5.92 Å². The lowest BCUT2D eigenvalue weighted by atomic mass is 10.1. The largest absolute Gasteiger partial charge is 0.332 e. The summed E-state index contributed by atoms with van der Waals surface area (Å²) in [7, 11) is 0. The average Bonchev–Trinajstić information content (AvgIpc) is 3.36. The summed E-state index contributed by atoms with van der Waals surface area (Å²) < 4.78 is 13.5. The van der Waals surface area contributed by atoms with Gasteiger partial charge in [-0.2, -0.15) is 0 Å². The van der Waals surface area contributed by atoms with Gasteiger partial charge in [-0.3, -0.25) is 9.59 Å². The Balaban J connectivity index is 1.32. The molecule has 2 aromatic carbocycles. The smallest absolute Gasteiger partial charge is 0.242 e. The molecule has 200 valence electrons. The Labute approximate surface area is 228 Å². The predicted molar refractivity (Wildman–Crippen MR) is 149 cm³/mol. The summed E-state index contributed by atoms with van der Waals surface area (Å²) in [6.07, 6.45) is 3.22. The molecule has 0 bridgehead atoms. The molecule has 5 rings (SSSR count). The van der Waals surface area contributed by atoms with Crippen molar-refractivity contribution in [2.75, 3.05) is 32.7 Å². The van der Waals surface area contributed by atoms with Crippen LogP contribution in [0.2, 0.25) is 0 Å². The third-order valence-corrected chi connectivity index (χ3v) is 8.81. The van der Waals surface area contributed by atoms with E-state index in [1.807, 2.05) is 28.5 Å². The number of hydrogen-bond acceptors (Lipinski definition) is 4. The van der Waals surface area contributed by atoms with Crippen LogP contribution in [0.25, 0.3) is 0 Å². The predicted octanol–water partition coefficient (Wildman–Crippen LogP) is 5.45. The molecule has 0 radical (unpaired) electrons. The fraction of sp³-hybridized carbons (Fsp3) is 0.419. The second-order valence-corrected chi connectivity index (χ2v) is 11.6. The standard InChI is InChI=1S/C31H36FN3O2S/c1-23-13-18-38-29(23)21-35(20-24-9-11-26(32)12-10-24)30(36)22-34(17-16-33-14-5-6-15-33)31(37)28-19-27(28)25-7-3-2-4-8-25/h2-4,7-13,18,27-28H,5-6,14-17,19-22H2,1H3/t27-,28?/m0/s1. The van der Waals surface area contributed by atoms with E-state index in [2.05, 4.69) is 30.0 Å². The van der Waals surface area contributed by atoms with Crippen molar-refractivity contribution >= 4 is 23.2 Å². The van der Waals surface area contributed by atoms with E-state index in [1.165, 1.54) is 30.5 Å². The van der Waals surface area contributed by atoms with Gasteiger partial charge in [0.1, 0.15) is 5.82 Å². The Bertz CT molecular complexity index is 1220. The fourth-order valence-electron chi connectivity index (χ4n) is 5.35. The van der Waals surface area contributed by atoms with Gasteiger partial charge in [-0.1, -0.05) is 42.5 Å². The minimum atomic E-state index is -0.295. The minimum absolute atomic E-state index is 0.0612. The first kappa shape index (κ1) is 26.6. The lowest BCUT2D eigenvalue weighted by Crippen LogP contribution is -2.45. The molecule has 0 N–H and O–H groups in total. The average molecular weight is 534 g/mol. The van der Waals surface area contributed by atoms with E-state index >= 15 is 0 Å². The molecule has 1 saturated heterocycles. The Morgan fingerprint density at radius 3 is 2.39 bits per heavy atom. The normalized spacial score (nSPS) is 18.9. The molecule has 1 aromatic heterocycles. The highest BCUT2D eigenvalue weighted by Crippen LogP contribution is 2.48. The van der Waals surface area contributed by atoms with E-state index in [9.17, 15) is 14.0 Å². The van der Waals surface area contributed by atoms with Crippen molar-refractivity contribution < 1.29 is 14.0 Å². The van der Waals surface area contributed by atoms with Gasteiger partial charge in [-0.05, 0) is 85.5 Å². The van der Waals surface area contributed by atoms with Gasteiger partial charge in [-0.15, -0.1) is 11.3 Å². The summed E-state index contributed by atoms with van der Waals surface area (Å²) in [5, 5.41) is 2.04. The molecule has 7 heteroatoms. The van der Waals surface area contributed by atoms with E-state index in [0.717, 1.165) is 42.1 Å². The molecule has 1 aliphatic heterocycles. The van der Waals surface area contributed by atoms with Gasteiger partial charge in [-0.25, -0.2) is 4.39 Å². The van der Waals surface area contributed by atoms with Crippen LogP contribution in [0.1, 0.15) is 46.7 Å². The van der Waals surface area contributed by atoms with Gasteiger partial charge < -0.3 is 14.7 Å². The van der Waals surface area contributed by atoms with Crippen LogP contribution in [-0.2, 0) is 22.7 Å². The zero-order chi connectivity index (χ0) is 26.5. The Morgan fingerprint density at radius 1 is 0.974 bits per heavy atom. The van der Waals surface area contributed by atoms with Crippen molar-refractivity contribution in [3.8, 4) is 0 Å². The van der Waals surface area contributed by atoms with Crippen LogP contribution in [0.4, 0.5) is 4.39 Å². The SMILES string of the molecule is Cc1ccsc1CN(Cc1ccc(F)cc1)C(=O)CN(CCN1CCCC1)C(=O)C1C[C@H]1c1ccccc1. The van der Waals surface area contributed by atoms with E-state index < -0.39 is 0 Å². The Morgan fingerprint density at radius 2 is 1.71 bits per heavy atom. The summed E-state index contributed by atoms with van der Waals surface area (Å²) >= 11 is 1.63. The van der Waals surface area contributed by atoms with Crippen molar-refractivity contribution in [3.63, 3.8) is 0 Å². The number of carbonyl (C=O) groups is 2. The molecular weight excluding hydrogens is 497 g/mol. The fourth-order valence-corrected chi connectivity index (χ4v) is 6.27. The number of nitrogens with zero attached hydrogens (tertiary/aromatic N) is 3. The molecule has 2 aliphatic rings. The molecular formula is C31H36FN3O2S. The number of aryl methyl sites for hydroxylation is 1. The Hall–Kier alpha value is -3.03. The quantitative estimate of drug-likeness (QED) is 0.329. The van der Waals surface area contributed by atoms with Crippen molar-refractivity contribution in [2.45, 2.75) is 45.2 Å². The molecule has 1 aliphatic carbocycles. The maximum Gasteiger partial charge on any atom is 0.242 e. The second kappa shape index (κ2) is 12.2. The number of hydrogen-bond donors (Lipinski definition) is 0. The maximum atomic E-state index is 13.8. The first-order valence-corrected chi connectivity index (χ1v) is 14.5. The summed E-state index contributed by atoms with van der Waals surface area (Å²) in [5.41, 5.74) is 3.22. The highest BCUT2D eigenvalue weighted by Gasteiger charge is 2.46. The summed E-state index contributed by atoms with van der Waals surface area (Å²) in [6.45, 7) is 6.44. The summed E-state index contributed by atoms with van der Waals surface area (Å²) in [4.78, 5) is 34.6. The van der Waals surface area contributed by atoms with Crippen molar-refractivity contribution in [1.29, 1.82) is 0 Å². The van der Waals surface area contributed by atoms with E-state index in [0.29, 0.717) is 19.6 Å². The topological polar surface area (TPSA) is 43.9 Å². The molecule has 1 unspecified atom stereocenters. The number of thiophene rings is 1. The van der Waals surface area contributed by atoms with Gasteiger partial charge in [0.2, 0.25) is 11.8 Å². The van der Waals surface area contributed by atoms with Crippen LogP contribution >= 0.6 is 11.3 Å². The molecule has 1 saturated carbocycles. The van der Waals surface area contributed by atoms with Crippen LogP contribution in [0.3, 0.4) is 0 Å². The monoisotopic (exact) mass is 533 g/mol. The number of benzene rings is 2. The molecule has 38 heavy (non-hydrogen) atoms. The van der Waals surface area contributed by atoms with E-state index in [-0.39, 0.29) is 36.0 Å². The van der Waals surface area contributed by atoms with Gasteiger partial charge in [0.15, 0.2) is 0 Å². The van der Waals surface area contributed by atoms with Crippen molar-refractivity contribution in [3.05, 3.63) is 93.4 Å². The van der Waals surface area contributed by atoms with Gasteiger partial charge in [0, 0.05) is 30.4 Å². The van der Waals surface area contributed by atoms with Crippen LogP contribution in [0.15, 0.2) is 66.0 Å². The van der Waals surface area contributed by atoms with Crippen LogP contribution < -0.4 is 0 Å². The zero-order valence-electron chi connectivity index (χ0n) is 22.0. The first-order valence-electron chi connectivity index (χ1n) is 13.6. The molecule has 5 nitrogen and oxygen atoms in total. The summed E-state index contributed by atoms with van der Waals surface area (Å²) in [6, 6.07) is 18.6. The molecule has 2 heterocycles. The Kier molecular flexibility index (Phi) is 8.55. The maximum absolute atomic E-state index is 13.8. The molecule has 3 aromatic rings. The number of halogens is 1. The lowest BCUT2D eigenvalue weighted by Gasteiger charge is -2.29. The van der Waals surface area contributed by atoms with Crippen molar-refractivity contribution in [1.82, 2.24) is 14.7 Å². The first-order chi connectivity index (χ1) is 18.5. The molecule has 2 atom stereocenters. The summed E-state index contributed by atoms with van der Waals surface area (Å²) in [5.74, 6) is -0.114. The number of amides is 2. The van der Waals surface area contributed by atoms with Crippen LogP contribution in [0.5, 0.6) is 0 Å². The number of carbonyl (C=O) groups excluding carboxylic acids is 2. The minimum Gasteiger partial charge on any atom is -0.332 e. The molecule has 2 amide bonds. The van der Waals surface area contributed by atoms with Gasteiger partial charge >= 0.3 is 0 Å². The van der Waals surface area contributed by atoms with Crippen LogP contribution in [-0.4, -0.2) is 59.2 Å². The van der Waals surface area contributed by atoms with Gasteiger partial charge in [0.25, 0.3) is 0 Å². The third kappa shape index (κ3) is 6.69. The number of rotatable bonds is 11. The highest BCUT2D eigenvalue weighted by molar-refractivity contribution is 7.10. The molecule has 0 spiro atoms.